The van der Waals surface area contributed by atoms with Crippen molar-refractivity contribution in [1.82, 2.24) is 0 Å². The maximum Gasteiger partial charge on any atom is 0.306 e. The Balaban J connectivity index is 4.39. The Morgan fingerprint density at radius 1 is 1.33 bits per heavy atom. The summed E-state index contributed by atoms with van der Waals surface area (Å²) in [4.78, 5) is 10.7. The van der Waals surface area contributed by atoms with E-state index < -0.39 is 5.97 Å². The number of carboxylic acids is 1. The second kappa shape index (κ2) is 4.94. The number of ether oxygens (including phenoxy) is 1. The highest BCUT2D eigenvalue weighted by atomic mass is 16.5. The van der Waals surface area contributed by atoms with Gasteiger partial charge in [0.15, 0.2) is 0 Å². The fourth-order valence-corrected chi connectivity index (χ4v) is 1.45. The molecule has 4 nitrogen and oxygen atoms in total. The quantitative estimate of drug-likeness (QED) is 0.709. The van der Waals surface area contributed by atoms with Crippen molar-refractivity contribution in [3.63, 3.8) is 0 Å². The average molecular weight is 218 g/mol. The second-order valence-corrected chi connectivity index (χ2v) is 5.92. The Kier molecular flexibility index (Phi) is 4.74. The molecule has 0 radical (unpaired) electrons. The van der Waals surface area contributed by atoms with Crippen LogP contribution in [0.2, 0.25) is 0 Å². The highest BCUT2D eigenvalue weighted by Gasteiger charge is 2.26. The van der Waals surface area contributed by atoms with Crippen LogP contribution in [0.1, 0.15) is 27.2 Å². The van der Waals surface area contributed by atoms with E-state index in [9.17, 15) is 4.79 Å². The van der Waals surface area contributed by atoms with Crippen LogP contribution in [0.3, 0.4) is 0 Å². The van der Waals surface area contributed by atoms with E-state index in [2.05, 4.69) is 0 Å². The largest absolute Gasteiger partial charge is 0.481 e. The molecule has 0 aliphatic rings. The lowest BCUT2D eigenvalue weighted by molar-refractivity contribution is -0.873. The number of hydrogen-bond donors (Lipinski definition) is 1. The van der Waals surface area contributed by atoms with Gasteiger partial charge in [-0.1, -0.05) is 0 Å². The summed E-state index contributed by atoms with van der Waals surface area (Å²) >= 11 is 0. The van der Waals surface area contributed by atoms with Crippen molar-refractivity contribution in [2.75, 3.05) is 27.7 Å². The minimum atomic E-state index is -0.808. The average Bonchev–Trinajstić information content (AvgIpc) is 1.73. The standard InChI is InChI=1S/C11H23NO3/c1-11(2,3)15-9(7-10(13)14)8-12(4,5)6/h9H,7-8H2,1-6H3/p+1/t9-/m0/s1. The van der Waals surface area contributed by atoms with Gasteiger partial charge in [-0.05, 0) is 20.8 Å². The van der Waals surface area contributed by atoms with Crippen molar-refractivity contribution in [2.24, 2.45) is 0 Å². The molecule has 15 heavy (non-hydrogen) atoms. The molecule has 1 atom stereocenters. The van der Waals surface area contributed by atoms with Crippen LogP contribution < -0.4 is 0 Å². The molecule has 0 spiro atoms. The topological polar surface area (TPSA) is 46.5 Å². The van der Waals surface area contributed by atoms with Gasteiger partial charge in [0, 0.05) is 0 Å². The van der Waals surface area contributed by atoms with E-state index in [1.165, 1.54) is 0 Å². The first kappa shape index (κ1) is 14.4. The highest BCUT2D eigenvalue weighted by Crippen LogP contribution is 2.15. The molecule has 0 aliphatic heterocycles. The fourth-order valence-electron chi connectivity index (χ4n) is 1.45. The molecule has 0 aromatic carbocycles. The summed E-state index contributed by atoms with van der Waals surface area (Å²) in [5.41, 5.74) is -0.296. The monoisotopic (exact) mass is 218 g/mol. The van der Waals surface area contributed by atoms with E-state index in [-0.39, 0.29) is 18.1 Å². The third kappa shape index (κ3) is 9.69. The van der Waals surface area contributed by atoms with Crippen LogP contribution in [-0.2, 0) is 9.53 Å². The smallest absolute Gasteiger partial charge is 0.306 e. The molecule has 1 N–H and O–H groups in total. The van der Waals surface area contributed by atoms with Gasteiger partial charge < -0.3 is 14.3 Å². The molecule has 0 saturated heterocycles. The van der Waals surface area contributed by atoms with E-state index in [0.29, 0.717) is 11.0 Å². The maximum atomic E-state index is 10.7. The maximum absolute atomic E-state index is 10.7. The zero-order valence-electron chi connectivity index (χ0n) is 10.7. The second-order valence-electron chi connectivity index (χ2n) is 5.92. The molecule has 0 bridgehead atoms. The summed E-state index contributed by atoms with van der Waals surface area (Å²) in [6, 6.07) is 0. The van der Waals surface area contributed by atoms with Gasteiger partial charge in [-0.25, -0.2) is 0 Å². The van der Waals surface area contributed by atoms with Gasteiger partial charge in [0.2, 0.25) is 0 Å². The number of hydrogen-bond acceptors (Lipinski definition) is 2. The highest BCUT2D eigenvalue weighted by molar-refractivity contribution is 5.67. The predicted octanol–water partition coefficient (Wildman–Crippen LogP) is 1.35. The Morgan fingerprint density at radius 3 is 2.07 bits per heavy atom. The third-order valence-electron chi connectivity index (χ3n) is 1.67. The molecular weight excluding hydrogens is 194 g/mol. The molecule has 0 fully saturated rings. The summed E-state index contributed by atoms with van der Waals surface area (Å²) in [5.74, 6) is -0.808. The number of nitrogens with zero attached hydrogens (tertiary/aromatic N) is 1. The Labute approximate surface area is 92.4 Å². The minimum Gasteiger partial charge on any atom is -0.481 e. The van der Waals surface area contributed by atoms with Gasteiger partial charge in [0.25, 0.3) is 0 Å². The molecule has 0 amide bonds. The molecule has 0 aromatic rings. The van der Waals surface area contributed by atoms with E-state index in [1.54, 1.807) is 0 Å². The summed E-state index contributed by atoms with van der Waals surface area (Å²) in [7, 11) is 6.09. The van der Waals surface area contributed by atoms with Crippen LogP contribution in [0.4, 0.5) is 0 Å². The van der Waals surface area contributed by atoms with Crippen molar-refractivity contribution in [3.05, 3.63) is 0 Å². The van der Waals surface area contributed by atoms with E-state index in [1.807, 2.05) is 41.9 Å². The lowest BCUT2D eigenvalue weighted by Crippen LogP contribution is -2.45. The first-order valence-corrected chi connectivity index (χ1v) is 5.20. The zero-order chi connectivity index (χ0) is 12.3. The van der Waals surface area contributed by atoms with Gasteiger partial charge in [-0.15, -0.1) is 0 Å². The molecule has 0 unspecified atom stereocenters. The number of quaternary nitrogens is 1. The van der Waals surface area contributed by atoms with Crippen molar-refractivity contribution in [1.29, 1.82) is 0 Å². The first-order valence-electron chi connectivity index (χ1n) is 5.20. The van der Waals surface area contributed by atoms with Crippen LogP contribution in [0.15, 0.2) is 0 Å². The van der Waals surface area contributed by atoms with Crippen LogP contribution in [-0.4, -0.2) is 55.0 Å². The Hall–Kier alpha value is -0.610. The lowest BCUT2D eigenvalue weighted by atomic mass is 10.1. The van der Waals surface area contributed by atoms with Crippen LogP contribution in [0, 0.1) is 0 Å². The van der Waals surface area contributed by atoms with Crippen molar-refractivity contribution in [2.45, 2.75) is 38.9 Å². The van der Waals surface area contributed by atoms with Gasteiger partial charge >= 0.3 is 5.97 Å². The van der Waals surface area contributed by atoms with Crippen LogP contribution >= 0.6 is 0 Å². The number of carbonyl (C=O) groups is 1. The number of rotatable bonds is 5. The van der Waals surface area contributed by atoms with Crippen molar-refractivity contribution in [3.8, 4) is 0 Å². The summed E-state index contributed by atoms with van der Waals surface area (Å²) < 4.78 is 6.43. The number of aliphatic carboxylic acids is 1. The molecule has 90 valence electrons. The normalized spacial score (nSPS) is 15.1. The van der Waals surface area contributed by atoms with Crippen LogP contribution in [0.25, 0.3) is 0 Å². The fraction of sp³-hybridized carbons (Fsp3) is 0.909. The summed E-state index contributed by atoms with van der Waals surface area (Å²) in [6.07, 6.45) is -0.172. The number of likely N-dealkylation sites (N-methyl/N-ethyl adjacent to an activating group) is 1. The molecule has 0 saturated carbocycles. The molecule has 0 aromatic heterocycles. The molecule has 0 heterocycles. The third-order valence-corrected chi connectivity index (χ3v) is 1.67. The molecule has 0 aliphatic carbocycles. The van der Waals surface area contributed by atoms with Crippen LogP contribution in [0.5, 0.6) is 0 Å². The molecule has 4 heteroatoms. The first-order chi connectivity index (χ1) is 6.49. The molecule has 0 rings (SSSR count). The Bertz CT molecular complexity index is 197. The van der Waals surface area contributed by atoms with Gasteiger partial charge in [0.05, 0.1) is 33.2 Å². The minimum absolute atomic E-state index is 0.0623. The lowest BCUT2D eigenvalue weighted by Gasteiger charge is -2.32. The van der Waals surface area contributed by atoms with Gasteiger partial charge in [-0.3, -0.25) is 4.79 Å². The van der Waals surface area contributed by atoms with Crippen molar-refractivity contribution >= 4 is 5.97 Å². The van der Waals surface area contributed by atoms with E-state index >= 15 is 0 Å². The summed E-state index contributed by atoms with van der Waals surface area (Å²) in [6.45, 7) is 6.52. The van der Waals surface area contributed by atoms with Gasteiger partial charge in [0.1, 0.15) is 12.6 Å². The predicted molar refractivity (Wildman–Crippen MR) is 59.8 cm³/mol. The number of carboxylic acid groups (broad SMARTS) is 1. The zero-order valence-corrected chi connectivity index (χ0v) is 10.7. The molecular formula is C11H24NO3+. The van der Waals surface area contributed by atoms with Crippen molar-refractivity contribution < 1.29 is 19.1 Å². The Morgan fingerprint density at radius 2 is 1.80 bits per heavy atom. The summed E-state index contributed by atoms with van der Waals surface area (Å²) in [5, 5.41) is 8.79. The van der Waals surface area contributed by atoms with E-state index in [4.69, 9.17) is 9.84 Å². The SMILES string of the molecule is CC(C)(C)O[C@@H](CC(=O)O)C[N+](C)(C)C. The van der Waals surface area contributed by atoms with Gasteiger partial charge in [-0.2, -0.15) is 0 Å². The van der Waals surface area contributed by atoms with E-state index in [0.717, 1.165) is 0 Å².